The van der Waals surface area contributed by atoms with Crippen molar-refractivity contribution in [2.24, 2.45) is 0 Å². The third kappa shape index (κ3) is 1.51. The Labute approximate surface area is 58.0 Å². The van der Waals surface area contributed by atoms with E-state index in [2.05, 4.69) is 9.83 Å². The molecule has 0 aromatic carbocycles. The number of aryl methyl sites for hydroxylation is 1. The lowest BCUT2D eigenvalue weighted by atomic mass is 10.6. The van der Waals surface area contributed by atoms with E-state index in [1.54, 1.807) is 17.5 Å². The number of aromatic nitrogens is 1. The van der Waals surface area contributed by atoms with E-state index in [0.717, 1.165) is 9.88 Å². The van der Waals surface area contributed by atoms with Gasteiger partial charge in [0.1, 0.15) is 4.88 Å². The van der Waals surface area contributed by atoms with E-state index in [4.69, 9.17) is 6.57 Å². The molecule has 1 rings (SSSR count). The van der Waals surface area contributed by atoms with Crippen LogP contribution in [0.5, 0.6) is 0 Å². The van der Waals surface area contributed by atoms with Crippen LogP contribution in [-0.4, -0.2) is 4.98 Å². The standard InChI is InChI=1S/C6H6N2S/c1-5-8-4-6(9-5)3-7-2/h4H,3H2,1H3. The van der Waals surface area contributed by atoms with Gasteiger partial charge in [-0.3, -0.25) is 0 Å². The third-order valence-electron chi connectivity index (χ3n) is 0.904. The molecule has 0 fully saturated rings. The minimum Gasteiger partial charge on any atom is -0.311 e. The molecule has 0 aliphatic carbocycles. The van der Waals surface area contributed by atoms with Gasteiger partial charge in [0.2, 0.25) is 6.54 Å². The van der Waals surface area contributed by atoms with E-state index in [1.807, 2.05) is 6.92 Å². The van der Waals surface area contributed by atoms with Gasteiger partial charge in [-0.25, -0.2) is 11.6 Å². The summed E-state index contributed by atoms with van der Waals surface area (Å²) in [5.74, 6) is 0. The van der Waals surface area contributed by atoms with Gasteiger partial charge in [-0.15, -0.1) is 11.3 Å². The summed E-state index contributed by atoms with van der Waals surface area (Å²) in [7, 11) is 0. The van der Waals surface area contributed by atoms with Crippen molar-refractivity contribution in [3.05, 3.63) is 27.5 Å². The average Bonchev–Trinajstić information content (AvgIpc) is 2.17. The van der Waals surface area contributed by atoms with E-state index in [-0.39, 0.29) is 0 Å². The van der Waals surface area contributed by atoms with E-state index in [9.17, 15) is 0 Å². The fourth-order valence-electron chi connectivity index (χ4n) is 0.556. The first-order valence-electron chi connectivity index (χ1n) is 2.57. The molecule has 0 spiro atoms. The van der Waals surface area contributed by atoms with Crippen LogP contribution in [0.15, 0.2) is 6.20 Å². The number of hydrogen-bond donors (Lipinski definition) is 0. The summed E-state index contributed by atoms with van der Waals surface area (Å²) >= 11 is 1.59. The van der Waals surface area contributed by atoms with Crippen LogP contribution in [0.4, 0.5) is 0 Å². The maximum Gasteiger partial charge on any atom is 0.250 e. The Hall–Kier alpha value is -0.880. The Morgan fingerprint density at radius 1 is 1.89 bits per heavy atom. The molecule has 0 bridgehead atoms. The maximum absolute atomic E-state index is 6.55. The molecule has 46 valence electrons. The Morgan fingerprint density at radius 3 is 3.11 bits per heavy atom. The van der Waals surface area contributed by atoms with Crippen LogP contribution in [0.25, 0.3) is 4.85 Å². The predicted molar refractivity (Wildman–Crippen MR) is 37.2 cm³/mol. The zero-order chi connectivity index (χ0) is 6.69. The van der Waals surface area contributed by atoms with Crippen molar-refractivity contribution in [1.29, 1.82) is 0 Å². The molecule has 3 heteroatoms. The van der Waals surface area contributed by atoms with Crippen molar-refractivity contribution < 1.29 is 0 Å². The Kier molecular flexibility index (Phi) is 1.81. The van der Waals surface area contributed by atoms with Gasteiger partial charge >= 0.3 is 0 Å². The number of thiazole rings is 1. The molecule has 9 heavy (non-hydrogen) atoms. The zero-order valence-corrected chi connectivity index (χ0v) is 5.90. The molecule has 0 atom stereocenters. The summed E-state index contributed by atoms with van der Waals surface area (Å²) in [6.07, 6.45) is 1.76. The summed E-state index contributed by atoms with van der Waals surface area (Å²) in [6, 6.07) is 0. The lowest BCUT2D eigenvalue weighted by Gasteiger charge is -1.74. The largest absolute Gasteiger partial charge is 0.311 e. The molecule has 1 aromatic rings. The van der Waals surface area contributed by atoms with Gasteiger partial charge in [0.25, 0.3) is 0 Å². The van der Waals surface area contributed by atoms with Crippen molar-refractivity contribution >= 4 is 11.3 Å². The van der Waals surface area contributed by atoms with E-state index in [1.165, 1.54) is 0 Å². The molecule has 0 aliphatic rings. The Balaban J connectivity index is 2.76. The van der Waals surface area contributed by atoms with Gasteiger partial charge in [0, 0.05) is 6.20 Å². The highest BCUT2D eigenvalue weighted by Crippen LogP contribution is 2.11. The van der Waals surface area contributed by atoms with Crippen LogP contribution < -0.4 is 0 Å². The Bertz CT molecular complexity index is 233. The highest BCUT2D eigenvalue weighted by Gasteiger charge is 1.97. The van der Waals surface area contributed by atoms with Crippen LogP contribution in [0, 0.1) is 13.5 Å². The van der Waals surface area contributed by atoms with Crippen molar-refractivity contribution in [1.82, 2.24) is 4.98 Å². The van der Waals surface area contributed by atoms with Crippen molar-refractivity contribution in [2.75, 3.05) is 0 Å². The lowest BCUT2D eigenvalue weighted by molar-refractivity contribution is 1.25. The number of nitrogens with zero attached hydrogens (tertiary/aromatic N) is 2. The molecule has 1 heterocycles. The SMILES string of the molecule is [C-]#[N+]Cc1cnc(C)s1. The van der Waals surface area contributed by atoms with Gasteiger partial charge in [0.05, 0.1) is 5.01 Å². The second kappa shape index (κ2) is 2.60. The molecule has 0 aliphatic heterocycles. The molecule has 0 saturated carbocycles. The van der Waals surface area contributed by atoms with Crippen LogP contribution in [0.1, 0.15) is 9.88 Å². The Morgan fingerprint density at radius 2 is 2.67 bits per heavy atom. The molecule has 0 saturated heterocycles. The molecule has 0 amide bonds. The van der Waals surface area contributed by atoms with E-state index < -0.39 is 0 Å². The predicted octanol–water partition coefficient (Wildman–Crippen LogP) is 1.87. The first kappa shape index (κ1) is 6.24. The molecule has 0 unspecified atom stereocenters. The summed E-state index contributed by atoms with van der Waals surface area (Å²) < 4.78 is 0. The monoisotopic (exact) mass is 138 g/mol. The van der Waals surface area contributed by atoms with Crippen LogP contribution >= 0.6 is 11.3 Å². The first-order valence-corrected chi connectivity index (χ1v) is 3.39. The van der Waals surface area contributed by atoms with Crippen molar-refractivity contribution in [2.45, 2.75) is 13.5 Å². The second-order valence-corrected chi connectivity index (χ2v) is 2.98. The summed E-state index contributed by atoms with van der Waals surface area (Å²) in [4.78, 5) is 8.31. The minimum absolute atomic E-state index is 0.478. The smallest absolute Gasteiger partial charge is 0.250 e. The van der Waals surface area contributed by atoms with Gasteiger partial charge in [-0.1, -0.05) is 0 Å². The topological polar surface area (TPSA) is 17.2 Å². The van der Waals surface area contributed by atoms with Crippen molar-refractivity contribution in [3.63, 3.8) is 0 Å². The molecular formula is C6H6N2S. The normalized spacial score (nSPS) is 8.89. The van der Waals surface area contributed by atoms with Crippen LogP contribution in [0.3, 0.4) is 0 Å². The zero-order valence-electron chi connectivity index (χ0n) is 5.09. The number of hydrogen-bond acceptors (Lipinski definition) is 2. The molecule has 0 radical (unpaired) electrons. The molecule has 2 nitrogen and oxygen atoms in total. The van der Waals surface area contributed by atoms with E-state index >= 15 is 0 Å². The van der Waals surface area contributed by atoms with Gasteiger partial charge in [0.15, 0.2) is 0 Å². The lowest BCUT2D eigenvalue weighted by Crippen LogP contribution is -1.65. The minimum atomic E-state index is 0.478. The number of rotatable bonds is 1. The molecule has 1 aromatic heterocycles. The summed E-state index contributed by atoms with van der Waals surface area (Å²) in [6.45, 7) is 8.97. The summed E-state index contributed by atoms with van der Waals surface area (Å²) in [5.41, 5.74) is 0. The molecular weight excluding hydrogens is 132 g/mol. The average molecular weight is 138 g/mol. The quantitative estimate of drug-likeness (QED) is 0.541. The summed E-state index contributed by atoms with van der Waals surface area (Å²) in [5, 5.41) is 1.04. The third-order valence-corrected chi connectivity index (χ3v) is 1.80. The van der Waals surface area contributed by atoms with Crippen LogP contribution in [-0.2, 0) is 6.54 Å². The van der Waals surface area contributed by atoms with Gasteiger partial charge < -0.3 is 4.85 Å². The highest BCUT2D eigenvalue weighted by molar-refractivity contribution is 7.11. The fourth-order valence-corrected chi connectivity index (χ4v) is 1.28. The van der Waals surface area contributed by atoms with Gasteiger partial charge in [-0.05, 0) is 6.92 Å². The first-order chi connectivity index (χ1) is 4.33. The second-order valence-electron chi connectivity index (χ2n) is 1.66. The molecule has 0 N–H and O–H groups in total. The van der Waals surface area contributed by atoms with Crippen molar-refractivity contribution in [3.8, 4) is 0 Å². The van der Waals surface area contributed by atoms with Crippen LogP contribution in [0.2, 0.25) is 0 Å². The van der Waals surface area contributed by atoms with E-state index in [0.29, 0.717) is 6.54 Å². The highest BCUT2D eigenvalue weighted by atomic mass is 32.1. The maximum atomic E-state index is 6.55. The fraction of sp³-hybridized carbons (Fsp3) is 0.333. The van der Waals surface area contributed by atoms with Gasteiger partial charge in [-0.2, -0.15) is 0 Å².